The fraction of sp³-hybridized carbons (Fsp3) is 0.500. The molecule has 1 saturated carbocycles. The highest BCUT2D eigenvalue weighted by atomic mass is 16.5. The Hall–Kier alpha value is -4.03. The summed E-state index contributed by atoms with van der Waals surface area (Å²) in [7, 11) is 0. The number of aromatic nitrogens is 3. The molecular formula is C30H37N7O5. The Labute approximate surface area is 244 Å². The fourth-order valence-electron chi connectivity index (χ4n) is 5.75. The number of amides is 2. The summed E-state index contributed by atoms with van der Waals surface area (Å²) in [5, 5.41) is 16.8. The molecule has 1 aromatic carbocycles. The zero-order valence-electron chi connectivity index (χ0n) is 23.8. The molecule has 2 fully saturated rings. The summed E-state index contributed by atoms with van der Waals surface area (Å²) in [6.45, 7) is 5.77. The van der Waals surface area contributed by atoms with Gasteiger partial charge in [-0.3, -0.25) is 14.5 Å². The lowest BCUT2D eigenvalue weighted by Gasteiger charge is -2.43. The quantitative estimate of drug-likeness (QED) is 0.310. The number of anilines is 1. The van der Waals surface area contributed by atoms with E-state index in [1.165, 1.54) is 23.8 Å². The molecule has 1 unspecified atom stereocenters. The van der Waals surface area contributed by atoms with Gasteiger partial charge < -0.3 is 29.8 Å². The highest BCUT2D eigenvalue weighted by Crippen LogP contribution is 2.31. The zero-order valence-corrected chi connectivity index (χ0v) is 23.8. The zero-order chi connectivity index (χ0) is 29.1. The van der Waals surface area contributed by atoms with Crippen LogP contribution in [0.1, 0.15) is 52.2 Å². The number of carbonyl (C=O) groups excluding carboxylic acids is 2. The Balaban J connectivity index is 0.941. The number of nitrogens with zero attached hydrogens (tertiary/aromatic N) is 5. The molecule has 2 aliphatic heterocycles. The smallest absolute Gasteiger partial charge is 0.270 e. The average Bonchev–Trinajstić information content (AvgIpc) is 3.46. The van der Waals surface area contributed by atoms with E-state index in [0.29, 0.717) is 37.8 Å². The number of carbonyl (C=O) groups is 2. The monoisotopic (exact) mass is 575 g/mol. The molecule has 12 heteroatoms. The third-order valence-corrected chi connectivity index (χ3v) is 8.44. The second kappa shape index (κ2) is 12.5. The minimum Gasteiger partial charge on any atom is -0.485 e. The van der Waals surface area contributed by atoms with Crippen LogP contribution in [0.3, 0.4) is 0 Å². The maximum Gasteiger partial charge on any atom is 0.270 e. The van der Waals surface area contributed by atoms with E-state index in [1.807, 2.05) is 11.0 Å². The van der Waals surface area contributed by atoms with Gasteiger partial charge in [-0.05, 0) is 48.9 Å². The van der Waals surface area contributed by atoms with E-state index in [9.17, 15) is 14.7 Å². The number of aliphatic hydroxyl groups is 1. The van der Waals surface area contributed by atoms with Crippen molar-refractivity contribution >= 4 is 17.6 Å². The lowest BCUT2D eigenvalue weighted by atomic mass is 9.83. The summed E-state index contributed by atoms with van der Waals surface area (Å²) < 4.78 is 11.2. The second-order valence-corrected chi connectivity index (χ2v) is 11.4. The van der Waals surface area contributed by atoms with Crippen LogP contribution in [0.15, 0.2) is 41.5 Å². The van der Waals surface area contributed by atoms with E-state index in [2.05, 4.69) is 43.5 Å². The number of likely N-dealkylation sites (tertiary alicyclic amines) is 1. The lowest BCUT2D eigenvalue weighted by molar-refractivity contribution is -0.142. The number of benzene rings is 1. The van der Waals surface area contributed by atoms with Gasteiger partial charge in [-0.15, -0.1) is 0 Å². The molecule has 1 saturated heterocycles. The number of β-amino-alcohol motifs (C(OH)–C–C–N with tert-alkyl or cyclic N) is 1. The van der Waals surface area contributed by atoms with Crippen LogP contribution >= 0.6 is 0 Å². The largest absolute Gasteiger partial charge is 0.485 e. The molecule has 2 amide bonds. The van der Waals surface area contributed by atoms with Crippen LogP contribution in [0.4, 0.5) is 5.82 Å². The molecule has 222 valence electrons. The van der Waals surface area contributed by atoms with Gasteiger partial charge in [-0.1, -0.05) is 12.5 Å². The Morgan fingerprint density at radius 2 is 2.10 bits per heavy atom. The molecule has 0 spiro atoms. The molecule has 1 atom stereocenters. The van der Waals surface area contributed by atoms with Crippen molar-refractivity contribution in [2.45, 2.75) is 57.9 Å². The number of aliphatic hydroxyl groups excluding tert-OH is 1. The molecule has 3 N–H and O–H groups in total. The predicted octanol–water partition coefficient (Wildman–Crippen LogP) is 1.92. The topological polar surface area (TPSA) is 146 Å². The first-order valence-corrected chi connectivity index (χ1v) is 14.6. The van der Waals surface area contributed by atoms with Crippen molar-refractivity contribution in [3.63, 3.8) is 0 Å². The van der Waals surface area contributed by atoms with Crippen LogP contribution in [-0.2, 0) is 24.4 Å². The Kier molecular flexibility index (Phi) is 8.34. The van der Waals surface area contributed by atoms with Crippen molar-refractivity contribution in [2.24, 2.45) is 5.92 Å². The molecule has 12 nitrogen and oxygen atoms in total. The van der Waals surface area contributed by atoms with Crippen molar-refractivity contribution in [2.75, 3.05) is 38.0 Å². The van der Waals surface area contributed by atoms with Crippen molar-refractivity contribution in [3.8, 4) is 5.75 Å². The first-order valence-electron chi connectivity index (χ1n) is 14.6. The summed E-state index contributed by atoms with van der Waals surface area (Å²) in [5.41, 5.74) is 3.84. The summed E-state index contributed by atoms with van der Waals surface area (Å²) in [6, 6.07) is 5.77. The van der Waals surface area contributed by atoms with Gasteiger partial charge in [0.1, 0.15) is 30.2 Å². The normalized spacial score (nSPS) is 18.0. The Morgan fingerprint density at radius 1 is 1.24 bits per heavy atom. The number of nitrogens with one attached hydrogen (secondary N) is 2. The molecule has 3 aliphatic rings. The Bertz CT molecular complexity index is 1410. The number of ether oxygens (including phenoxy) is 1. The molecule has 0 bridgehead atoms. The third-order valence-electron chi connectivity index (χ3n) is 8.44. The van der Waals surface area contributed by atoms with Crippen LogP contribution in [0, 0.1) is 12.8 Å². The van der Waals surface area contributed by atoms with Crippen LogP contribution in [0.2, 0.25) is 0 Å². The van der Waals surface area contributed by atoms with Crippen LogP contribution in [0.5, 0.6) is 5.75 Å². The van der Waals surface area contributed by atoms with E-state index in [-0.39, 0.29) is 36.0 Å². The van der Waals surface area contributed by atoms with Crippen molar-refractivity contribution in [1.29, 1.82) is 0 Å². The SMILES string of the molecule is Cc1c(OCc2cnco2)ccc2c1CCN(CC(O)CNC(=O)c1cc(NC3CN(C(=O)C4CCC4)C3)ncn1)C2. The molecule has 3 aromatic rings. The molecule has 2 aromatic heterocycles. The number of fused-ring (bicyclic) bond motifs is 1. The minimum absolute atomic E-state index is 0.110. The van der Waals surface area contributed by atoms with Gasteiger partial charge in [-0.25, -0.2) is 15.0 Å². The lowest BCUT2D eigenvalue weighted by Crippen LogP contribution is -2.59. The van der Waals surface area contributed by atoms with Crippen LogP contribution < -0.4 is 15.4 Å². The van der Waals surface area contributed by atoms with Crippen molar-refractivity contribution in [3.05, 3.63) is 65.3 Å². The van der Waals surface area contributed by atoms with Gasteiger partial charge in [-0.2, -0.15) is 0 Å². The molecule has 42 heavy (non-hydrogen) atoms. The second-order valence-electron chi connectivity index (χ2n) is 11.4. The van der Waals surface area contributed by atoms with E-state index >= 15 is 0 Å². The maximum absolute atomic E-state index is 12.8. The molecule has 4 heterocycles. The molecule has 6 rings (SSSR count). The summed E-state index contributed by atoms with van der Waals surface area (Å²) in [4.78, 5) is 41.4. The number of hydrogen-bond acceptors (Lipinski definition) is 10. The van der Waals surface area contributed by atoms with Crippen molar-refractivity contribution < 1.29 is 23.8 Å². The molecular weight excluding hydrogens is 538 g/mol. The number of oxazole rings is 1. The first kappa shape index (κ1) is 28.1. The highest BCUT2D eigenvalue weighted by molar-refractivity contribution is 5.92. The van der Waals surface area contributed by atoms with E-state index in [0.717, 1.165) is 50.1 Å². The van der Waals surface area contributed by atoms with E-state index in [1.54, 1.807) is 12.3 Å². The average molecular weight is 576 g/mol. The van der Waals surface area contributed by atoms with Gasteiger partial charge in [0.15, 0.2) is 12.2 Å². The summed E-state index contributed by atoms with van der Waals surface area (Å²) >= 11 is 0. The Morgan fingerprint density at radius 3 is 2.86 bits per heavy atom. The maximum atomic E-state index is 12.8. The summed E-state index contributed by atoms with van der Waals surface area (Å²) in [5.74, 6) is 2.14. The van der Waals surface area contributed by atoms with Gasteiger partial charge in [0.05, 0.1) is 18.3 Å². The van der Waals surface area contributed by atoms with Crippen molar-refractivity contribution in [1.82, 2.24) is 30.1 Å². The minimum atomic E-state index is -0.727. The van der Waals surface area contributed by atoms with E-state index in [4.69, 9.17) is 9.15 Å². The van der Waals surface area contributed by atoms with E-state index < -0.39 is 6.10 Å². The standard InChI is InChI=1S/C30H37N7O5/c1-19-25-7-8-36(12-21(25)5-6-27(19)41-16-24-11-31-18-42-24)15-23(38)10-32-29(39)26-9-28(34-17-33-26)35-22-13-37(14-22)30(40)20-3-2-4-20/h5-6,9,11,17-18,20,22-23,38H,2-4,7-8,10,12-16H2,1H3,(H,32,39)(H,33,34,35). The van der Waals surface area contributed by atoms with Gasteiger partial charge in [0, 0.05) is 51.3 Å². The van der Waals surface area contributed by atoms with Gasteiger partial charge in [0.25, 0.3) is 5.91 Å². The van der Waals surface area contributed by atoms with Gasteiger partial charge >= 0.3 is 0 Å². The number of hydrogen-bond donors (Lipinski definition) is 3. The first-order chi connectivity index (χ1) is 20.4. The molecule has 0 radical (unpaired) electrons. The third kappa shape index (κ3) is 6.39. The number of rotatable bonds is 11. The fourth-order valence-corrected chi connectivity index (χ4v) is 5.75. The highest BCUT2D eigenvalue weighted by Gasteiger charge is 2.36. The molecule has 1 aliphatic carbocycles. The van der Waals surface area contributed by atoms with Crippen LogP contribution in [0.25, 0.3) is 0 Å². The van der Waals surface area contributed by atoms with Gasteiger partial charge in [0.2, 0.25) is 5.91 Å². The van der Waals surface area contributed by atoms with Crippen LogP contribution in [-0.4, -0.2) is 86.5 Å². The predicted molar refractivity (Wildman–Crippen MR) is 153 cm³/mol. The summed E-state index contributed by atoms with van der Waals surface area (Å²) in [6.07, 6.45) is 7.66.